The summed E-state index contributed by atoms with van der Waals surface area (Å²) in [5, 5.41) is 19.6. The number of nitrogens with zero attached hydrogens (tertiary/aromatic N) is 4. The second-order valence-electron chi connectivity index (χ2n) is 4.54. The number of nitrogen functional groups attached to an aromatic ring is 1. The van der Waals surface area contributed by atoms with Gasteiger partial charge in [-0.15, -0.1) is 10.2 Å². The van der Waals surface area contributed by atoms with Crippen molar-refractivity contribution in [1.29, 1.82) is 5.26 Å². The molecule has 0 aromatic carbocycles. The minimum absolute atomic E-state index is 0.146. The van der Waals surface area contributed by atoms with Gasteiger partial charge in [0.1, 0.15) is 23.1 Å². The molecule has 0 radical (unpaired) electrons. The molecule has 0 bridgehead atoms. The third-order valence-corrected chi connectivity index (χ3v) is 3.47. The lowest BCUT2D eigenvalue weighted by Gasteiger charge is -2.05. The van der Waals surface area contributed by atoms with Gasteiger partial charge in [0, 0.05) is 5.92 Å². The van der Waals surface area contributed by atoms with E-state index in [1.807, 2.05) is 6.07 Å². The zero-order chi connectivity index (χ0) is 12.7. The Balaban J connectivity index is 2.24. The Kier molecular flexibility index (Phi) is 2.30. The highest BCUT2D eigenvalue weighted by atomic mass is 16.1. The summed E-state index contributed by atoms with van der Waals surface area (Å²) in [6.07, 6.45) is 4.17. The van der Waals surface area contributed by atoms with Crippen molar-refractivity contribution in [3.63, 3.8) is 0 Å². The minimum atomic E-state index is -0.250. The Bertz CT molecular complexity index is 701. The lowest BCUT2D eigenvalue weighted by Crippen LogP contribution is -2.23. The number of H-pyrrole nitrogens is 1. The Hall–Kier alpha value is -2.36. The topological polar surface area (TPSA) is 113 Å². The van der Waals surface area contributed by atoms with Crippen molar-refractivity contribution >= 4 is 11.5 Å². The molecule has 1 saturated carbocycles. The van der Waals surface area contributed by atoms with Crippen LogP contribution in [0.2, 0.25) is 0 Å². The number of nitrogens with one attached hydrogen (secondary N) is 1. The molecule has 0 spiro atoms. The summed E-state index contributed by atoms with van der Waals surface area (Å²) in [6.45, 7) is 0. The molecule has 2 aromatic heterocycles. The third-order valence-electron chi connectivity index (χ3n) is 3.47. The first-order valence-corrected chi connectivity index (χ1v) is 5.89. The van der Waals surface area contributed by atoms with Crippen LogP contribution in [0.1, 0.15) is 42.9 Å². The molecule has 0 unspecified atom stereocenters. The number of nitriles is 1. The maximum atomic E-state index is 12.3. The summed E-state index contributed by atoms with van der Waals surface area (Å²) in [6, 6.07) is 1.92. The van der Waals surface area contributed by atoms with Crippen molar-refractivity contribution in [1.82, 2.24) is 19.8 Å². The molecule has 2 heterocycles. The van der Waals surface area contributed by atoms with Gasteiger partial charge in [-0.1, -0.05) is 12.8 Å². The van der Waals surface area contributed by atoms with Gasteiger partial charge in [-0.2, -0.15) is 9.78 Å². The predicted octanol–water partition coefficient (Wildman–Crippen LogP) is 0.529. The van der Waals surface area contributed by atoms with Crippen LogP contribution in [0.4, 0.5) is 5.82 Å². The van der Waals surface area contributed by atoms with Crippen molar-refractivity contribution < 1.29 is 0 Å². The first-order chi connectivity index (χ1) is 8.72. The standard InChI is InChI=1S/C11H12N6O/c12-5-7-9(13)16-17-10(7)15-14-8(11(17)18)6-3-1-2-4-6/h6,16H,1-4,13H2. The van der Waals surface area contributed by atoms with Gasteiger partial charge in [-0.25, -0.2) is 0 Å². The molecule has 92 valence electrons. The van der Waals surface area contributed by atoms with Crippen LogP contribution in [0.25, 0.3) is 5.65 Å². The van der Waals surface area contributed by atoms with Gasteiger partial charge in [0.05, 0.1) is 0 Å². The van der Waals surface area contributed by atoms with Crippen LogP contribution in [-0.2, 0) is 0 Å². The molecule has 2 aromatic rings. The zero-order valence-electron chi connectivity index (χ0n) is 9.68. The first kappa shape index (κ1) is 10.8. The summed E-state index contributed by atoms with van der Waals surface area (Å²) in [4.78, 5) is 12.3. The van der Waals surface area contributed by atoms with E-state index >= 15 is 0 Å². The quantitative estimate of drug-likeness (QED) is 0.759. The highest BCUT2D eigenvalue weighted by Crippen LogP contribution is 2.31. The van der Waals surface area contributed by atoms with Gasteiger partial charge >= 0.3 is 0 Å². The number of nitrogens with two attached hydrogens (primary N) is 1. The van der Waals surface area contributed by atoms with Crippen molar-refractivity contribution in [2.24, 2.45) is 0 Å². The molecule has 0 atom stereocenters. The predicted molar refractivity (Wildman–Crippen MR) is 63.9 cm³/mol. The van der Waals surface area contributed by atoms with Crippen molar-refractivity contribution in [2.75, 3.05) is 5.73 Å². The fourth-order valence-electron chi connectivity index (χ4n) is 2.53. The van der Waals surface area contributed by atoms with E-state index in [2.05, 4.69) is 15.3 Å². The lowest BCUT2D eigenvalue weighted by molar-refractivity contribution is 0.652. The number of anilines is 1. The Morgan fingerprint density at radius 3 is 2.78 bits per heavy atom. The van der Waals surface area contributed by atoms with Crippen LogP contribution in [0.5, 0.6) is 0 Å². The molecule has 3 N–H and O–H groups in total. The van der Waals surface area contributed by atoms with Crippen molar-refractivity contribution in [3.05, 3.63) is 21.6 Å². The molecule has 7 nitrogen and oxygen atoms in total. The average Bonchev–Trinajstić information content (AvgIpc) is 2.97. The number of rotatable bonds is 1. The highest BCUT2D eigenvalue weighted by Gasteiger charge is 2.24. The molecule has 1 aliphatic rings. The summed E-state index contributed by atoms with van der Waals surface area (Å²) in [5.41, 5.74) is 6.21. The summed E-state index contributed by atoms with van der Waals surface area (Å²) >= 11 is 0. The number of fused-ring (bicyclic) bond motifs is 1. The van der Waals surface area contributed by atoms with E-state index in [1.54, 1.807) is 0 Å². The molecule has 0 saturated heterocycles. The third kappa shape index (κ3) is 1.39. The van der Waals surface area contributed by atoms with E-state index in [0.29, 0.717) is 5.69 Å². The Morgan fingerprint density at radius 2 is 2.11 bits per heavy atom. The van der Waals surface area contributed by atoms with Crippen LogP contribution >= 0.6 is 0 Å². The van der Waals surface area contributed by atoms with E-state index in [9.17, 15) is 4.79 Å². The number of aromatic nitrogens is 4. The van der Waals surface area contributed by atoms with E-state index in [4.69, 9.17) is 11.0 Å². The van der Waals surface area contributed by atoms with Crippen LogP contribution in [0.3, 0.4) is 0 Å². The monoisotopic (exact) mass is 244 g/mol. The fourth-order valence-corrected chi connectivity index (χ4v) is 2.53. The average molecular weight is 244 g/mol. The Morgan fingerprint density at radius 1 is 1.39 bits per heavy atom. The second kappa shape index (κ2) is 3.84. The Labute approximate surface area is 102 Å². The smallest absolute Gasteiger partial charge is 0.295 e. The molecule has 1 fully saturated rings. The van der Waals surface area contributed by atoms with Gasteiger partial charge in [-0.05, 0) is 12.8 Å². The SMILES string of the molecule is N#Cc1c(N)[nH]n2c(=O)c(C3CCCC3)nnc12. The molecule has 18 heavy (non-hydrogen) atoms. The van der Waals surface area contributed by atoms with Crippen LogP contribution in [0, 0.1) is 11.3 Å². The van der Waals surface area contributed by atoms with Crippen LogP contribution in [0.15, 0.2) is 4.79 Å². The van der Waals surface area contributed by atoms with E-state index in [-0.39, 0.29) is 28.5 Å². The summed E-state index contributed by atoms with van der Waals surface area (Å²) in [7, 11) is 0. The lowest BCUT2D eigenvalue weighted by atomic mass is 10.1. The van der Waals surface area contributed by atoms with E-state index < -0.39 is 0 Å². The van der Waals surface area contributed by atoms with E-state index in [0.717, 1.165) is 25.7 Å². The van der Waals surface area contributed by atoms with Crippen molar-refractivity contribution in [2.45, 2.75) is 31.6 Å². The number of aromatic amines is 1. The maximum absolute atomic E-state index is 12.3. The number of hydrogen-bond donors (Lipinski definition) is 2. The summed E-state index contributed by atoms with van der Waals surface area (Å²) in [5.74, 6) is 0.324. The molecular formula is C11H12N6O. The molecule has 7 heteroatoms. The van der Waals surface area contributed by atoms with Crippen LogP contribution < -0.4 is 11.3 Å². The largest absolute Gasteiger partial charge is 0.383 e. The number of hydrogen-bond acceptors (Lipinski definition) is 5. The van der Waals surface area contributed by atoms with Gasteiger partial charge in [0.2, 0.25) is 0 Å². The maximum Gasteiger partial charge on any atom is 0.295 e. The minimum Gasteiger partial charge on any atom is -0.383 e. The van der Waals surface area contributed by atoms with Gasteiger partial charge in [-0.3, -0.25) is 9.89 Å². The normalized spacial score (nSPS) is 16.2. The molecule has 1 aliphatic carbocycles. The second-order valence-corrected chi connectivity index (χ2v) is 4.54. The van der Waals surface area contributed by atoms with Gasteiger partial charge in [0.25, 0.3) is 5.56 Å². The summed E-state index contributed by atoms with van der Waals surface area (Å²) < 4.78 is 1.22. The highest BCUT2D eigenvalue weighted by molar-refractivity contribution is 5.65. The van der Waals surface area contributed by atoms with Crippen molar-refractivity contribution in [3.8, 4) is 6.07 Å². The van der Waals surface area contributed by atoms with Gasteiger partial charge < -0.3 is 5.73 Å². The van der Waals surface area contributed by atoms with E-state index in [1.165, 1.54) is 4.52 Å². The zero-order valence-corrected chi connectivity index (χ0v) is 9.68. The molecule has 0 aliphatic heterocycles. The fraction of sp³-hybridized carbons (Fsp3) is 0.455. The molecule has 0 amide bonds. The molecular weight excluding hydrogens is 232 g/mol. The first-order valence-electron chi connectivity index (χ1n) is 5.89. The molecule has 3 rings (SSSR count). The van der Waals surface area contributed by atoms with Crippen LogP contribution in [-0.4, -0.2) is 19.8 Å². The van der Waals surface area contributed by atoms with Gasteiger partial charge in [0.15, 0.2) is 5.65 Å².